The number of fused-ring (bicyclic) bond motifs is 1. The smallest absolute Gasteiger partial charge is 0.126 e. The van der Waals surface area contributed by atoms with E-state index >= 15 is 0 Å². The van der Waals surface area contributed by atoms with Crippen LogP contribution in [-0.2, 0) is 13.1 Å². The van der Waals surface area contributed by atoms with Crippen molar-refractivity contribution >= 4 is 6.08 Å². The Kier molecular flexibility index (Phi) is 6.08. The fourth-order valence-electron chi connectivity index (χ4n) is 3.23. The van der Waals surface area contributed by atoms with Crippen molar-refractivity contribution in [1.82, 2.24) is 19.6 Å². The molecule has 3 rings (SSSR count). The van der Waals surface area contributed by atoms with Crippen molar-refractivity contribution in [2.45, 2.75) is 19.2 Å². The van der Waals surface area contributed by atoms with E-state index in [1.165, 1.54) is 0 Å². The maximum atomic E-state index is 10.3. The molecule has 6 heteroatoms. The van der Waals surface area contributed by atoms with Crippen molar-refractivity contribution in [1.29, 1.82) is 0 Å². The molecular weight excluding hydrogens is 328 g/mol. The summed E-state index contributed by atoms with van der Waals surface area (Å²) in [4.78, 5) is 4.35. The molecule has 2 aromatic rings. The quantitative estimate of drug-likeness (QED) is 0.823. The van der Waals surface area contributed by atoms with Gasteiger partial charge in [-0.25, -0.2) is 0 Å². The van der Waals surface area contributed by atoms with Crippen LogP contribution in [0.2, 0.25) is 0 Å². The van der Waals surface area contributed by atoms with Crippen molar-refractivity contribution in [3.8, 4) is 5.75 Å². The van der Waals surface area contributed by atoms with Crippen LogP contribution in [0.1, 0.15) is 23.1 Å². The number of ether oxygens (including phenoxy) is 1. The van der Waals surface area contributed by atoms with Gasteiger partial charge in [0.05, 0.1) is 25.0 Å². The maximum Gasteiger partial charge on any atom is 0.126 e. The van der Waals surface area contributed by atoms with Gasteiger partial charge in [-0.2, -0.15) is 5.10 Å². The first-order chi connectivity index (χ1) is 12.6. The second kappa shape index (κ2) is 8.49. The summed E-state index contributed by atoms with van der Waals surface area (Å²) in [7, 11) is 5.60. The molecule has 0 amide bonds. The van der Waals surface area contributed by atoms with Gasteiger partial charge in [-0.1, -0.05) is 30.4 Å². The molecule has 0 fully saturated rings. The second-order valence-electron chi connectivity index (χ2n) is 6.94. The molecule has 0 saturated carbocycles. The van der Waals surface area contributed by atoms with Crippen molar-refractivity contribution in [3.05, 3.63) is 53.4 Å². The van der Waals surface area contributed by atoms with Crippen LogP contribution in [-0.4, -0.2) is 65.5 Å². The topological polar surface area (TPSA) is 53.8 Å². The number of nitrogens with zero attached hydrogens (tertiary/aromatic N) is 4. The van der Waals surface area contributed by atoms with E-state index in [-0.39, 0.29) is 0 Å². The third-order valence-electron chi connectivity index (χ3n) is 4.58. The Morgan fingerprint density at radius 3 is 2.88 bits per heavy atom. The number of likely N-dealkylation sites (N-methyl/N-ethyl adjacent to an activating group) is 1. The molecule has 1 N–H and O–H groups in total. The molecule has 1 aliphatic heterocycles. The van der Waals surface area contributed by atoms with E-state index in [4.69, 9.17) is 4.74 Å². The molecule has 1 aromatic heterocycles. The van der Waals surface area contributed by atoms with Gasteiger partial charge in [0.1, 0.15) is 11.9 Å². The van der Waals surface area contributed by atoms with Gasteiger partial charge in [-0.3, -0.25) is 9.58 Å². The first-order valence-corrected chi connectivity index (χ1v) is 8.98. The van der Waals surface area contributed by atoms with E-state index in [9.17, 15) is 5.11 Å². The molecule has 0 radical (unpaired) electrons. The highest BCUT2D eigenvalue weighted by Gasteiger charge is 2.20. The van der Waals surface area contributed by atoms with E-state index in [2.05, 4.69) is 28.2 Å². The lowest BCUT2D eigenvalue weighted by molar-refractivity contribution is 0.133. The summed E-state index contributed by atoms with van der Waals surface area (Å²) in [5.41, 5.74) is 3.01. The summed E-state index contributed by atoms with van der Waals surface area (Å²) in [6.07, 6.45) is 3.74. The lowest BCUT2D eigenvalue weighted by atomic mass is 10.2. The first-order valence-electron chi connectivity index (χ1n) is 8.98. The predicted octanol–water partition coefficient (Wildman–Crippen LogP) is 2.02. The number of aromatic nitrogens is 2. The number of aliphatic hydroxyl groups excluding tert-OH is 1. The van der Waals surface area contributed by atoms with Gasteiger partial charge in [-0.05, 0) is 26.2 Å². The van der Waals surface area contributed by atoms with Gasteiger partial charge in [0.2, 0.25) is 0 Å². The number of methoxy groups -OCH3 is 1. The number of hydrogen-bond donors (Lipinski definition) is 1. The van der Waals surface area contributed by atoms with Gasteiger partial charge in [0.25, 0.3) is 0 Å². The Hall–Kier alpha value is -2.15. The van der Waals surface area contributed by atoms with Crippen molar-refractivity contribution in [2.24, 2.45) is 0 Å². The summed E-state index contributed by atoms with van der Waals surface area (Å²) >= 11 is 0. The molecule has 26 heavy (non-hydrogen) atoms. The van der Waals surface area contributed by atoms with Crippen LogP contribution in [0.25, 0.3) is 6.08 Å². The SMILES string of the molecule is COc1ccccc1/C=C/CN1CCn2nc([C@H](O)CN(C)C)cc2C1. The molecule has 2 heterocycles. The average molecular weight is 356 g/mol. The molecule has 0 unspecified atom stereocenters. The second-order valence-corrected chi connectivity index (χ2v) is 6.94. The van der Waals surface area contributed by atoms with Crippen LogP contribution < -0.4 is 4.74 Å². The number of hydrogen-bond acceptors (Lipinski definition) is 5. The highest BCUT2D eigenvalue weighted by molar-refractivity contribution is 5.57. The molecule has 140 valence electrons. The minimum Gasteiger partial charge on any atom is -0.496 e. The van der Waals surface area contributed by atoms with E-state index in [0.717, 1.165) is 48.9 Å². The van der Waals surface area contributed by atoms with Crippen molar-refractivity contribution in [3.63, 3.8) is 0 Å². The van der Waals surface area contributed by atoms with Crippen LogP contribution in [0, 0.1) is 0 Å². The predicted molar refractivity (Wildman–Crippen MR) is 103 cm³/mol. The Balaban J connectivity index is 1.60. The number of benzene rings is 1. The monoisotopic (exact) mass is 356 g/mol. The fourth-order valence-corrected chi connectivity index (χ4v) is 3.23. The van der Waals surface area contributed by atoms with Crippen LogP contribution in [0.3, 0.4) is 0 Å². The Morgan fingerprint density at radius 2 is 2.12 bits per heavy atom. The summed E-state index contributed by atoms with van der Waals surface area (Å²) < 4.78 is 7.41. The minimum absolute atomic E-state index is 0.540. The minimum atomic E-state index is -0.540. The number of rotatable bonds is 7. The van der Waals surface area contributed by atoms with Crippen LogP contribution >= 0.6 is 0 Å². The van der Waals surface area contributed by atoms with Gasteiger partial charge < -0.3 is 14.7 Å². The van der Waals surface area contributed by atoms with Crippen LogP contribution in [0.5, 0.6) is 5.75 Å². The number of para-hydroxylation sites is 1. The molecule has 1 aromatic carbocycles. The molecule has 0 bridgehead atoms. The molecule has 0 saturated heterocycles. The molecule has 0 spiro atoms. The molecule has 6 nitrogen and oxygen atoms in total. The van der Waals surface area contributed by atoms with E-state index < -0.39 is 6.10 Å². The van der Waals surface area contributed by atoms with Gasteiger partial charge >= 0.3 is 0 Å². The zero-order valence-corrected chi connectivity index (χ0v) is 15.8. The highest BCUT2D eigenvalue weighted by Crippen LogP contribution is 2.20. The normalized spacial score (nSPS) is 16.2. The maximum absolute atomic E-state index is 10.3. The summed E-state index contributed by atoms with van der Waals surface area (Å²) in [5.74, 6) is 0.889. The molecule has 1 atom stereocenters. The first kappa shape index (κ1) is 18.6. The van der Waals surface area contributed by atoms with Crippen molar-refractivity contribution < 1.29 is 9.84 Å². The Bertz CT molecular complexity index is 754. The zero-order valence-electron chi connectivity index (χ0n) is 15.8. The third kappa shape index (κ3) is 4.52. The largest absolute Gasteiger partial charge is 0.496 e. The lowest BCUT2D eigenvalue weighted by Gasteiger charge is -2.26. The van der Waals surface area contributed by atoms with Gasteiger partial charge in [-0.15, -0.1) is 0 Å². The van der Waals surface area contributed by atoms with Crippen LogP contribution in [0.15, 0.2) is 36.4 Å². The third-order valence-corrected chi connectivity index (χ3v) is 4.58. The Labute approximate surface area is 155 Å². The van der Waals surface area contributed by atoms with Crippen LogP contribution in [0.4, 0.5) is 0 Å². The molecule has 0 aliphatic carbocycles. The van der Waals surface area contributed by atoms with Crippen molar-refractivity contribution in [2.75, 3.05) is 40.8 Å². The summed E-state index contributed by atoms with van der Waals surface area (Å²) in [6, 6.07) is 10.1. The van der Waals surface area contributed by atoms with E-state index in [1.807, 2.05) is 47.9 Å². The van der Waals surface area contributed by atoms with E-state index in [1.54, 1.807) is 7.11 Å². The van der Waals surface area contributed by atoms with Gasteiger partial charge in [0, 0.05) is 31.7 Å². The summed E-state index contributed by atoms with van der Waals surface area (Å²) in [6.45, 7) is 4.11. The molecular formula is C20H28N4O2. The average Bonchev–Trinajstić information content (AvgIpc) is 3.05. The standard InChI is InChI=1S/C20H28N4O2/c1-22(2)15-19(25)18-13-17-14-23(11-12-24(17)21-18)10-6-8-16-7-4-5-9-20(16)26-3/h4-9,13,19,25H,10-12,14-15H2,1-3H3/b8-6+/t19-/m1/s1. The highest BCUT2D eigenvalue weighted by atomic mass is 16.5. The Morgan fingerprint density at radius 1 is 1.31 bits per heavy atom. The number of aliphatic hydroxyl groups is 1. The van der Waals surface area contributed by atoms with Gasteiger partial charge in [0.15, 0.2) is 0 Å². The fraction of sp³-hybridized carbons (Fsp3) is 0.450. The van der Waals surface area contributed by atoms with E-state index in [0.29, 0.717) is 6.54 Å². The summed E-state index contributed by atoms with van der Waals surface area (Å²) in [5, 5.41) is 14.8. The lowest BCUT2D eigenvalue weighted by Crippen LogP contribution is -2.33. The zero-order chi connectivity index (χ0) is 18.5. The molecule has 1 aliphatic rings.